The second-order valence-electron chi connectivity index (χ2n) is 7.29. The Morgan fingerprint density at radius 2 is 1.96 bits per heavy atom. The number of likely N-dealkylation sites (N-methyl/N-ethyl adjacent to an activating group) is 1. The van der Waals surface area contributed by atoms with Gasteiger partial charge in [0.2, 0.25) is 0 Å². The standard InChI is InChI=1S/C22H27N3O2S/c1-6-27-17-8-10-19-20(14-17)28-22(23-19)25(12-11-24(4)5)21(26)18-9-7-15(2)13-16(18)3/h7-10,13-14H,6,11-12H2,1-5H3/p+1. The van der Waals surface area contributed by atoms with Crippen molar-refractivity contribution in [3.05, 3.63) is 53.1 Å². The van der Waals surface area contributed by atoms with Gasteiger partial charge in [0.05, 0.1) is 44.0 Å². The van der Waals surface area contributed by atoms with Crippen LogP contribution in [-0.2, 0) is 0 Å². The predicted octanol–water partition coefficient (Wildman–Crippen LogP) is 3.10. The van der Waals surface area contributed by atoms with Gasteiger partial charge in [0.25, 0.3) is 5.91 Å². The number of thiazole rings is 1. The van der Waals surface area contributed by atoms with Crippen LogP contribution in [0.4, 0.5) is 5.13 Å². The molecule has 2 aromatic carbocycles. The van der Waals surface area contributed by atoms with Crippen molar-refractivity contribution in [1.82, 2.24) is 4.98 Å². The van der Waals surface area contributed by atoms with Crippen molar-refractivity contribution in [2.24, 2.45) is 0 Å². The topological polar surface area (TPSA) is 46.9 Å². The zero-order chi connectivity index (χ0) is 20.3. The van der Waals surface area contributed by atoms with Crippen LogP contribution in [0.1, 0.15) is 28.4 Å². The van der Waals surface area contributed by atoms with Crippen LogP contribution in [-0.4, -0.2) is 44.7 Å². The molecule has 3 rings (SSSR count). The Morgan fingerprint density at radius 1 is 1.18 bits per heavy atom. The van der Waals surface area contributed by atoms with Crippen LogP contribution in [0.15, 0.2) is 36.4 Å². The second-order valence-corrected chi connectivity index (χ2v) is 8.30. The summed E-state index contributed by atoms with van der Waals surface area (Å²) in [5.74, 6) is 0.832. The SMILES string of the molecule is CCOc1ccc2nc(N(CC[NH+](C)C)C(=O)c3ccc(C)cc3C)sc2c1. The summed E-state index contributed by atoms with van der Waals surface area (Å²) >= 11 is 1.53. The summed E-state index contributed by atoms with van der Waals surface area (Å²) < 4.78 is 6.63. The van der Waals surface area contributed by atoms with Crippen LogP contribution >= 0.6 is 11.3 Å². The summed E-state index contributed by atoms with van der Waals surface area (Å²) in [6, 6.07) is 11.8. The summed E-state index contributed by atoms with van der Waals surface area (Å²) in [4.78, 5) is 21.2. The van der Waals surface area contributed by atoms with Crippen LogP contribution in [0.3, 0.4) is 0 Å². The minimum Gasteiger partial charge on any atom is -0.494 e. The molecule has 0 aliphatic carbocycles. The quantitative estimate of drug-likeness (QED) is 0.665. The highest BCUT2D eigenvalue weighted by molar-refractivity contribution is 7.22. The maximum atomic E-state index is 13.4. The molecule has 0 radical (unpaired) electrons. The summed E-state index contributed by atoms with van der Waals surface area (Å²) in [7, 11) is 4.18. The van der Waals surface area contributed by atoms with Crippen LogP contribution in [0.25, 0.3) is 10.2 Å². The van der Waals surface area contributed by atoms with Crippen LogP contribution in [0.5, 0.6) is 5.75 Å². The first-order valence-electron chi connectivity index (χ1n) is 9.60. The van der Waals surface area contributed by atoms with Gasteiger partial charge in [0, 0.05) is 5.56 Å². The van der Waals surface area contributed by atoms with Gasteiger partial charge >= 0.3 is 0 Å². The van der Waals surface area contributed by atoms with E-state index in [4.69, 9.17) is 9.72 Å². The van der Waals surface area contributed by atoms with Gasteiger partial charge in [-0.3, -0.25) is 9.69 Å². The molecule has 0 spiro atoms. The summed E-state index contributed by atoms with van der Waals surface area (Å²) in [6.07, 6.45) is 0. The Balaban J connectivity index is 1.99. The Bertz CT molecular complexity index is 981. The molecule has 0 bridgehead atoms. The smallest absolute Gasteiger partial charge is 0.260 e. The number of quaternary nitrogens is 1. The maximum Gasteiger partial charge on any atom is 0.260 e. The first kappa shape index (κ1) is 20.3. The zero-order valence-electron chi connectivity index (χ0n) is 17.2. The maximum absolute atomic E-state index is 13.4. The average molecular weight is 399 g/mol. The number of anilines is 1. The lowest BCUT2D eigenvalue weighted by molar-refractivity contribution is -0.856. The number of aryl methyl sites for hydroxylation is 2. The lowest BCUT2D eigenvalue weighted by Gasteiger charge is -2.21. The average Bonchev–Trinajstić information content (AvgIpc) is 3.04. The molecule has 0 aliphatic heterocycles. The number of nitrogens with one attached hydrogen (secondary N) is 1. The molecule has 0 atom stereocenters. The minimum atomic E-state index is 0.00263. The van der Waals surface area contributed by atoms with E-state index in [9.17, 15) is 4.79 Å². The van der Waals surface area contributed by atoms with E-state index in [2.05, 4.69) is 20.2 Å². The molecular weight excluding hydrogens is 370 g/mol. The molecule has 1 N–H and O–H groups in total. The number of aromatic nitrogens is 1. The van der Waals surface area contributed by atoms with Crippen molar-refractivity contribution in [1.29, 1.82) is 0 Å². The van der Waals surface area contributed by atoms with Gasteiger partial charge in [-0.15, -0.1) is 0 Å². The van der Waals surface area contributed by atoms with E-state index in [0.29, 0.717) is 13.2 Å². The van der Waals surface area contributed by atoms with Crippen LogP contribution in [0.2, 0.25) is 0 Å². The van der Waals surface area contributed by atoms with Crippen LogP contribution in [0, 0.1) is 13.8 Å². The Kier molecular flexibility index (Phi) is 6.31. The zero-order valence-corrected chi connectivity index (χ0v) is 18.0. The first-order valence-corrected chi connectivity index (χ1v) is 10.4. The Morgan fingerprint density at radius 3 is 2.64 bits per heavy atom. The lowest BCUT2D eigenvalue weighted by atomic mass is 10.0. The number of nitrogens with zero attached hydrogens (tertiary/aromatic N) is 2. The van der Waals surface area contributed by atoms with Crippen molar-refractivity contribution in [3.63, 3.8) is 0 Å². The second kappa shape index (κ2) is 8.71. The fourth-order valence-electron chi connectivity index (χ4n) is 3.08. The molecule has 28 heavy (non-hydrogen) atoms. The normalized spacial score (nSPS) is 11.2. The summed E-state index contributed by atoms with van der Waals surface area (Å²) in [5.41, 5.74) is 3.77. The van der Waals surface area contributed by atoms with E-state index >= 15 is 0 Å². The van der Waals surface area contributed by atoms with Gasteiger partial charge in [-0.25, -0.2) is 4.98 Å². The van der Waals surface area contributed by atoms with Gasteiger partial charge in [0.1, 0.15) is 5.75 Å². The monoisotopic (exact) mass is 398 g/mol. The number of carbonyl (C=O) groups is 1. The van der Waals surface area contributed by atoms with E-state index in [1.54, 1.807) is 0 Å². The van der Waals surface area contributed by atoms with Gasteiger partial charge in [-0.1, -0.05) is 29.0 Å². The first-order chi connectivity index (χ1) is 13.4. The number of carbonyl (C=O) groups excluding carboxylic acids is 1. The molecule has 148 valence electrons. The Labute approximate surface area is 170 Å². The minimum absolute atomic E-state index is 0.00263. The number of amides is 1. The third kappa shape index (κ3) is 4.51. The molecular formula is C22H28N3O2S+. The van der Waals surface area contributed by atoms with Gasteiger partial charge in [-0.2, -0.15) is 0 Å². The number of benzene rings is 2. The molecule has 0 saturated heterocycles. The van der Waals surface area contributed by atoms with Crippen molar-refractivity contribution in [2.75, 3.05) is 38.7 Å². The van der Waals surface area contributed by atoms with Crippen molar-refractivity contribution in [2.45, 2.75) is 20.8 Å². The van der Waals surface area contributed by atoms with E-state index in [1.807, 2.05) is 56.0 Å². The molecule has 1 aromatic heterocycles. The number of ether oxygens (including phenoxy) is 1. The van der Waals surface area contributed by atoms with Crippen LogP contribution < -0.4 is 14.5 Å². The summed E-state index contributed by atoms with van der Waals surface area (Å²) in [6.45, 7) is 8.08. The van der Waals surface area contributed by atoms with Crippen molar-refractivity contribution >= 4 is 32.6 Å². The Hall–Kier alpha value is -2.44. The number of hydrogen-bond donors (Lipinski definition) is 1. The third-order valence-corrected chi connectivity index (χ3v) is 5.62. The molecule has 0 fully saturated rings. The highest BCUT2D eigenvalue weighted by Crippen LogP contribution is 2.32. The predicted molar refractivity (Wildman–Crippen MR) is 116 cm³/mol. The van der Waals surface area contributed by atoms with Gasteiger partial charge in [0.15, 0.2) is 5.13 Å². The molecule has 1 amide bonds. The van der Waals surface area contributed by atoms with Gasteiger partial charge in [-0.05, 0) is 50.6 Å². The third-order valence-electron chi connectivity index (χ3n) is 4.58. The highest BCUT2D eigenvalue weighted by Gasteiger charge is 2.23. The van der Waals surface area contributed by atoms with E-state index < -0.39 is 0 Å². The van der Waals surface area contributed by atoms with E-state index in [0.717, 1.165) is 44.3 Å². The molecule has 0 unspecified atom stereocenters. The summed E-state index contributed by atoms with van der Waals surface area (Å²) in [5, 5.41) is 0.731. The highest BCUT2D eigenvalue weighted by atomic mass is 32.1. The van der Waals surface area contributed by atoms with Gasteiger partial charge < -0.3 is 9.64 Å². The molecule has 3 aromatic rings. The largest absolute Gasteiger partial charge is 0.494 e. The van der Waals surface area contributed by atoms with E-state index in [1.165, 1.54) is 16.2 Å². The molecule has 6 heteroatoms. The van der Waals surface area contributed by atoms with E-state index in [-0.39, 0.29) is 5.91 Å². The molecule has 5 nitrogen and oxygen atoms in total. The van der Waals surface area contributed by atoms with Crippen molar-refractivity contribution in [3.8, 4) is 5.75 Å². The number of fused-ring (bicyclic) bond motifs is 1. The fourth-order valence-corrected chi connectivity index (χ4v) is 4.10. The van der Waals surface area contributed by atoms with Crippen molar-refractivity contribution < 1.29 is 14.4 Å². The lowest BCUT2D eigenvalue weighted by Crippen LogP contribution is -3.06. The molecule has 0 saturated carbocycles. The fraction of sp³-hybridized carbons (Fsp3) is 0.364. The number of hydrogen-bond acceptors (Lipinski definition) is 4. The number of rotatable bonds is 7. The molecule has 0 aliphatic rings. The molecule has 1 heterocycles.